The Morgan fingerprint density at radius 3 is 2.75 bits per heavy atom. The monoisotopic (exact) mass is 506 g/mol. The molecule has 2 fully saturated rings. The minimum atomic E-state index is -0.159. The molecule has 1 aliphatic carbocycles. The Balaban J connectivity index is 1.33. The van der Waals surface area contributed by atoms with Gasteiger partial charge in [0.15, 0.2) is 0 Å². The minimum Gasteiger partial charge on any atom is -0.373 e. The molecule has 0 amide bonds. The molecule has 186 valence electrons. The molecule has 1 aliphatic heterocycles. The van der Waals surface area contributed by atoms with Gasteiger partial charge in [0.25, 0.3) is 5.56 Å². The van der Waals surface area contributed by atoms with Crippen molar-refractivity contribution in [2.45, 2.75) is 64.1 Å². The Hall–Kier alpha value is -3.30. The van der Waals surface area contributed by atoms with E-state index in [4.69, 9.17) is 25.8 Å². The molecular weight excluding hydrogens is 480 g/mol. The Labute approximate surface area is 212 Å². The first-order valence-electron chi connectivity index (χ1n) is 12.4. The molecule has 2 aliphatic rings. The summed E-state index contributed by atoms with van der Waals surface area (Å²) in [4.78, 5) is 27.0. The first-order chi connectivity index (χ1) is 17.4. The number of halogens is 1. The number of aryl methyl sites for hydroxylation is 2. The molecule has 1 aromatic carbocycles. The van der Waals surface area contributed by atoms with E-state index in [-0.39, 0.29) is 17.2 Å². The van der Waals surface area contributed by atoms with Crippen molar-refractivity contribution in [2.75, 3.05) is 11.9 Å². The predicted octanol–water partition coefficient (Wildman–Crippen LogP) is 5.00. The van der Waals surface area contributed by atoms with Crippen LogP contribution in [-0.4, -0.2) is 42.9 Å². The van der Waals surface area contributed by atoms with Gasteiger partial charge in [0.05, 0.1) is 18.2 Å². The van der Waals surface area contributed by atoms with Crippen LogP contribution in [0.15, 0.2) is 39.8 Å². The zero-order valence-corrected chi connectivity index (χ0v) is 21.0. The lowest BCUT2D eigenvalue weighted by Crippen LogP contribution is -2.26. The van der Waals surface area contributed by atoms with Crippen molar-refractivity contribution in [3.63, 3.8) is 0 Å². The average Bonchev–Trinajstić information content (AvgIpc) is 3.61. The number of nitrogens with zero attached hydrogens (tertiary/aromatic N) is 5. The van der Waals surface area contributed by atoms with Crippen LogP contribution in [0.1, 0.15) is 44.9 Å². The number of anilines is 1. The molecule has 4 heterocycles. The summed E-state index contributed by atoms with van der Waals surface area (Å²) in [5, 5.41) is 8.56. The molecule has 1 spiro atoms. The fraction of sp³-hybridized carbons (Fsp3) is 0.423. The summed E-state index contributed by atoms with van der Waals surface area (Å²) >= 11 is 6.62. The lowest BCUT2D eigenvalue weighted by molar-refractivity contribution is 0.0103. The predicted molar refractivity (Wildman–Crippen MR) is 137 cm³/mol. The summed E-state index contributed by atoms with van der Waals surface area (Å²) in [6.45, 7) is 4.77. The molecule has 3 aromatic heterocycles. The van der Waals surface area contributed by atoms with Crippen molar-refractivity contribution in [3.05, 3.63) is 51.7 Å². The van der Waals surface area contributed by atoms with Crippen LogP contribution < -0.4 is 10.9 Å². The molecule has 4 aromatic rings. The quantitative estimate of drug-likeness (QED) is 0.402. The maximum atomic E-state index is 13.5. The molecule has 36 heavy (non-hydrogen) atoms. The fourth-order valence-corrected chi connectivity index (χ4v) is 5.77. The van der Waals surface area contributed by atoms with Crippen molar-refractivity contribution >= 4 is 28.6 Å². The van der Waals surface area contributed by atoms with E-state index in [1.165, 1.54) is 12.8 Å². The third-order valence-corrected chi connectivity index (χ3v) is 7.56. The Kier molecular flexibility index (Phi) is 5.76. The topological polar surface area (TPSA) is 108 Å². The largest absolute Gasteiger partial charge is 0.373 e. The number of hydrogen-bond acceptors (Lipinski definition) is 8. The fourth-order valence-electron chi connectivity index (χ4n) is 5.49. The molecule has 1 atom stereocenters. The average molecular weight is 507 g/mol. The zero-order chi connectivity index (χ0) is 24.9. The first kappa shape index (κ1) is 23.1. The number of fused-ring (bicyclic) bond motifs is 1. The lowest BCUT2D eigenvalue weighted by atomic mass is 9.96. The van der Waals surface area contributed by atoms with Gasteiger partial charge in [-0.1, -0.05) is 41.7 Å². The van der Waals surface area contributed by atoms with Crippen LogP contribution in [0.4, 0.5) is 5.95 Å². The van der Waals surface area contributed by atoms with Gasteiger partial charge in [-0.25, -0.2) is 4.98 Å². The van der Waals surface area contributed by atoms with Crippen LogP contribution in [0, 0.1) is 6.92 Å². The second-order valence-corrected chi connectivity index (χ2v) is 10.1. The van der Waals surface area contributed by atoms with Crippen LogP contribution in [0.25, 0.3) is 33.5 Å². The van der Waals surface area contributed by atoms with E-state index in [1.54, 1.807) is 29.8 Å². The molecule has 9 nitrogen and oxygen atoms in total. The summed E-state index contributed by atoms with van der Waals surface area (Å²) in [6.07, 6.45) is 7.43. The van der Waals surface area contributed by atoms with E-state index in [2.05, 4.69) is 20.4 Å². The highest BCUT2D eigenvalue weighted by Crippen LogP contribution is 2.41. The normalized spacial score (nSPS) is 18.9. The number of benzene rings is 1. The maximum Gasteiger partial charge on any atom is 0.260 e. The number of nitrogens with one attached hydrogen (secondary N) is 1. The summed E-state index contributed by atoms with van der Waals surface area (Å²) in [5.74, 6) is 1.43. The molecule has 0 bridgehead atoms. The van der Waals surface area contributed by atoms with Crippen LogP contribution in [0.2, 0.25) is 5.02 Å². The smallest absolute Gasteiger partial charge is 0.260 e. The lowest BCUT2D eigenvalue weighted by Gasteiger charge is -2.21. The third-order valence-electron chi connectivity index (χ3n) is 7.25. The highest BCUT2D eigenvalue weighted by atomic mass is 35.5. The van der Waals surface area contributed by atoms with Crippen LogP contribution >= 0.6 is 11.6 Å². The van der Waals surface area contributed by atoms with Gasteiger partial charge in [-0.05, 0) is 38.3 Å². The highest BCUT2D eigenvalue weighted by molar-refractivity contribution is 6.33. The van der Waals surface area contributed by atoms with Crippen molar-refractivity contribution in [1.29, 1.82) is 0 Å². The van der Waals surface area contributed by atoms with E-state index in [0.717, 1.165) is 24.6 Å². The van der Waals surface area contributed by atoms with Gasteiger partial charge >= 0.3 is 0 Å². The van der Waals surface area contributed by atoms with E-state index in [1.807, 2.05) is 19.1 Å². The number of hydrogen-bond donors (Lipinski definition) is 1. The number of aromatic nitrogens is 5. The van der Waals surface area contributed by atoms with Crippen molar-refractivity contribution < 1.29 is 9.26 Å². The number of pyridine rings is 1. The summed E-state index contributed by atoms with van der Waals surface area (Å²) < 4.78 is 12.9. The summed E-state index contributed by atoms with van der Waals surface area (Å²) in [5.41, 5.74) is 2.28. The standard InChI is InChI=1S/C26H27ClN6O3/c1-3-33-23-17(13-28-25(31-23)30-18-12-26(35-14-18)8-4-5-9-26)10-20(24(33)34)19-7-6-16(11-21(19)27)22-29-15(2)36-32-22/h6-7,10-11,13,18H,3-5,8-9,12,14H2,1-2H3,(H,28,30,31). The van der Waals surface area contributed by atoms with Gasteiger partial charge in [-0.3, -0.25) is 9.36 Å². The van der Waals surface area contributed by atoms with Crippen molar-refractivity contribution in [3.8, 4) is 22.5 Å². The minimum absolute atomic E-state index is 0.0202. The maximum absolute atomic E-state index is 13.5. The van der Waals surface area contributed by atoms with Crippen molar-refractivity contribution in [2.24, 2.45) is 0 Å². The van der Waals surface area contributed by atoms with Crippen LogP contribution in [-0.2, 0) is 11.3 Å². The molecule has 10 heteroatoms. The van der Waals surface area contributed by atoms with E-state index >= 15 is 0 Å². The molecule has 1 saturated carbocycles. The SMILES string of the molecule is CCn1c(=O)c(-c2ccc(-c3noc(C)n3)cc2Cl)cc2cnc(NC3COC4(CCCC4)C3)nc21. The van der Waals surface area contributed by atoms with Crippen LogP contribution in [0.5, 0.6) is 0 Å². The van der Waals surface area contributed by atoms with E-state index in [0.29, 0.717) is 58.2 Å². The van der Waals surface area contributed by atoms with Crippen LogP contribution in [0.3, 0.4) is 0 Å². The molecule has 1 N–H and O–H groups in total. The second kappa shape index (κ2) is 8.97. The molecule has 1 unspecified atom stereocenters. The Bertz CT molecular complexity index is 1510. The molecule has 0 radical (unpaired) electrons. The molecule has 6 rings (SSSR count). The first-order valence-corrected chi connectivity index (χ1v) is 12.7. The van der Waals surface area contributed by atoms with Gasteiger partial charge in [-0.2, -0.15) is 9.97 Å². The summed E-state index contributed by atoms with van der Waals surface area (Å²) in [6, 6.07) is 7.35. The Morgan fingerprint density at radius 1 is 1.19 bits per heavy atom. The van der Waals surface area contributed by atoms with Crippen molar-refractivity contribution in [1.82, 2.24) is 24.7 Å². The van der Waals surface area contributed by atoms with E-state index < -0.39 is 0 Å². The van der Waals surface area contributed by atoms with Gasteiger partial charge < -0.3 is 14.6 Å². The second-order valence-electron chi connectivity index (χ2n) is 9.66. The Morgan fingerprint density at radius 2 is 2.03 bits per heavy atom. The van der Waals surface area contributed by atoms with E-state index in [9.17, 15) is 4.79 Å². The number of ether oxygens (including phenoxy) is 1. The van der Waals surface area contributed by atoms with Gasteiger partial charge in [0.1, 0.15) is 5.65 Å². The summed E-state index contributed by atoms with van der Waals surface area (Å²) in [7, 11) is 0. The highest BCUT2D eigenvalue weighted by Gasteiger charge is 2.42. The molecular formula is C26H27ClN6O3. The molecule has 1 saturated heterocycles. The number of rotatable bonds is 5. The zero-order valence-electron chi connectivity index (χ0n) is 20.3. The van der Waals surface area contributed by atoms with Gasteiger partial charge in [0, 0.05) is 46.8 Å². The third kappa shape index (κ3) is 4.06. The van der Waals surface area contributed by atoms with Gasteiger partial charge in [-0.15, -0.1) is 0 Å². The van der Waals surface area contributed by atoms with Gasteiger partial charge in [0.2, 0.25) is 17.7 Å².